The van der Waals surface area contributed by atoms with Crippen LogP contribution in [0.4, 0.5) is 4.79 Å². The van der Waals surface area contributed by atoms with Crippen LogP contribution in [0.25, 0.3) is 0 Å². The zero-order valence-corrected chi connectivity index (χ0v) is 34.9. The minimum absolute atomic E-state index is 0.0248. The molecule has 19 nitrogen and oxygen atoms in total. The van der Waals surface area contributed by atoms with Crippen molar-refractivity contribution >= 4 is 29.9 Å². The Morgan fingerprint density at radius 2 is 1.05 bits per heavy atom. The van der Waals surface area contributed by atoms with E-state index in [1.807, 2.05) is 32.6 Å². The molecular weight excluding hydrogens is 760 g/mol. The summed E-state index contributed by atoms with van der Waals surface area (Å²) in [5.74, 6) is -3.26. The molecule has 2 amide bonds. The molecule has 0 aromatic carbocycles. The number of carbonyl (C=O) groups is 5. The van der Waals surface area contributed by atoms with Gasteiger partial charge in [-0.25, -0.2) is 4.79 Å². The van der Waals surface area contributed by atoms with Crippen LogP contribution in [0.1, 0.15) is 66.2 Å². The molecule has 3 aliphatic rings. The Bertz CT molecular complexity index is 1280. The lowest BCUT2D eigenvalue weighted by molar-refractivity contribution is -0.140. The molecule has 19 heteroatoms. The van der Waals surface area contributed by atoms with Gasteiger partial charge in [0, 0.05) is 65.4 Å². The second kappa shape index (κ2) is 25.3. The quantitative estimate of drug-likeness (QED) is 0.0800. The number of allylic oxidation sites excluding steroid dienone is 2. The van der Waals surface area contributed by atoms with E-state index < -0.39 is 41.5 Å². The van der Waals surface area contributed by atoms with E-state index in [0.29, 0.717) is 78.4 Å². The Balaban J connectivity index is 1.34. The second-order valence-electron chi connectivity index (χ2n) is 16.3. The van der Waals surface area contributed by atoms with Gasteiger partial charge in [0.2, 0.25) is 5.91 Å². The fourth-order valence-electron chi connectivity index (χ4n) is 6.88. The third-order valence-electron chi connectivity index (χ3n) is 10.3. The first-order valence-corrected chi connectivity index (χ1v) is 20.4. The fraction of sp³-hybridized carbons (Fsp3) is 0.821. The summed E-state index contributed by atoms with van der Waals surface area (Å²) in [7, 11) is 0. The summed E-state index contributed by atoms with van der Waals surface area (Å²) in [4.78, 5) is 66.8. The average molecular weight is 829 g/mol. The van der Waals surface area contributed by atoms with Gasteiger partial charge < -0.3 is 49.6 Å². The summed E-state index contributed by atoms with van der Waals surface area (Å²) in [5, 5.41) is 33.9. The van der Waals surface area contributed by atoms with Crippen molar-refractivity contribution in [3.05, 3.63) is 12.2 Å². The van der Waals surface area contributed by atoms with E-state index in [9.17, 15) is 39.3 Å². The molecule has 0 spiro atoms. The molecule has 0 aromatic heterocycles. The van der Waals surface area contributed by atoms with Crippen LogP contribution in [-0.2, 0) is 42.9 Å². The predicted octanol–water partition coefficient (Wildman–Crippen LogP) is 0.915. The van der Waals surface area contributed by atoms with Crippen LogP contribution in [0, 0.1) is 0 Å². The molecular formula is C39H68N6O13. The normalized spacial score (nSPS) is 23.0. The van der Waals surface area contributed by atoms with Crippen LogP contribution in [-0.4, -0.2) is 206 Å². The third-order valence-corrected chi connectivity index (χ3v) is 10.3. The van der Waals surface area contributed by atoms with Crippen molar-refractivity contribution in [2.75, 3.05) is 111 Å². The number of carboxylic acids is 3. The number of ether oxygens (including phenoxy) is 5. The average Bonchev–Trinajstić information content (AvgIpc) is 3.49. The summed E-state index contributed by atoms with van der Waals surface area (Å²) in [6.45, 7) is 11.0. The summed E-state index contributed by atoms with van der Waals surface area (Å²) in [5.41, 5.74) is -1.07. The number of amides is 2. The highest BCUT2D eigenvalue weighted by Gasteiger charge is 2.36. The first kappa shape index (κ1) is 48.9. The van der Waals surface area contributed by atoms with Gasteiger partial charge in [0.1, 0.15) is 6.61 Å². The SMILES string of the molecule is CC(C)(CCNC(=O)CN1CCN(CC(=O)O)CCN(CC(=O)O)CCN(CC(=O)O)CC1)OCCC(C)(C)OCCNC(=O)OC[C@H]1O[C@H]2CC/C=C/CC[C@H]2O1. The van der Waals surface area contributed by atoms with Crippen LogP contribution in [0.15, 0.2) is 12.2 Å². The van der Waals surface area contributed by atoms with E-state index in [0.717, 1.165) is 25.7 Å². The molecule has 0 radical (unpaired) electrons. The number of aliphatic carboxylic acids is 3. The second-order valence-corrected chi connectivity index (χ2v) is 16.3. The molecule has 58 heavy (non-hydrogen) atoms. The van der Waals surface area contributed by atoms with Crippen molar-refractivity contribution < 1.29 is 63.0 Å². The van der Waals surface area contributed by atoms with Crippen molar-refractivity contribution in [1.29, 1.82) is 0 Å². The van der Waals surface area contributed by atoms with E-state index in [2.05, 4.69) is 22.8 Å². The smallest absolute Gasteiger partial charge is 0.407 e. The number of nitrogens with one attached hydrogen (secondary N) is 2. The van der Waals surface area contributed by atoms with E-state index >= 15 is 0 Å². The van der Waals surface area contributed by atoms with Crippen LogP contribution in [0.2, 0.25) is 0 Å². The van der Waals surface area contributed by atoms with Gasteiger partial charge in [0.25, 0.3) is 0 Å². The Hall–Kier alpha value is -3.43. The Kier molecular flexibility index (Phi) is 21.3. The van der Waals surface area contributed by atoms with Gasteiger partial charge in [-0.05, 0) is 66.2 Å². The van der Waals surface area contributed by atoms with E-state index in [1.54, 1.807) is 14.7 Å². The number of hydrogen-bond donors (Lipinski definition) is 5. The van der Waals surface area contributed by atoms with Gasteiger partial charge in [-0.2, -0.15) is 0 Å². The van der Waals surface area contributed by atoms with E-state index in [4.69, 9.17) is 23.7 Å². The number of nitrogens with zero attached hydrogens (tertiary/aromatic N) is 4. The van der Waals surface area contributed by atoms with E-state index in [-0.39, 0.29) is 64.1 Å². The maximum absolute atomic E-state index is 13.1. The topological polar surface area (TPSA) is 229 Å². The number of carbonyl (C=O) groups excluding carboxylic acids is 2. The van der Waals surface area contributed by atoms with E-state index in [1.165, 1.54) is 0 Å². The van der Waals surface area contributed by atoms with Crippen LogP contribution in [0.3, 0.4) is 0 Å². The molecule has 2 aliphatic heterocycles. The monoisotopic (exact) mass is 828 g/mol. The van der Waals surface area contributed by atoms with Gasteiger partial charge in [-0.3, -0.25) is 38.8 Å². The lowest BCUT2D eigenvalue weighted by Gasteiger charge is -2.33. The van der Waals surface area contributed by atoms with Gasteiger partial charge >= 0.3 is 24.0 Å². The van der Waals surface area contributed by atoms with Gasteiger partial charge in [-0.15, -0.1) is 0 Å². The zero-order valence-electron chi connectivity index (χ0n) is 34.9. The maximum Gasteiger partial charge on any atom is 0.407 e. The lowest BCUT2D eigenvalue weighted by atomic mass is 10.0. The van der Waals surface area contributed by atoms with Gasteiger partial charge in [0.15, 0.2) is 6.29 Å². The molecule has 3 atom stereocenters. The maximum atomic E-state index is 13.1. The number of carboxylic acid groups (broad SMARTS) is 3. The Labute approximate surface area is 342 Å². The highest BCUT2D eigenvalue weighted by atomic mass is 16.7. The molecule has 2 fully saturated rings. The largest absolute Gasteiger partial charge is 0.480 e. The molecule has 3 rings (SSSR count). The summed E-state index contributed by atoms with van der Waals surface area (Å²) < 4.78 is 29.3. The minimum Gasteiger partial charge on any atom is -0.480 e. The molecule has 5 N–H and O–H groups in total. The molecule has 0 unspecified atom stereocenters. The van der Waals surface area contributed by atoms with Crippen molar-refractivity contribution in [3.8, 4) is 0 Å². The lowest BCUT2D eigenvalue weighted by Crippen LogP contribution is -2.50. The molecule has 2 saturated heterocycles. The Morgan fingerprint density at radius 3 is 1.52 bits per heavy atom. The van der Waals surface area contributed by atoms with Crippen LogP contribution < -0.4 is 10.6 Å². The Morgan fingerprint density at radius 1 is 0.621 bits per heavy atom. The predicted molar refractivity (Wildman–Crippen MR) is 211 cm³/mol. The standard InChI is InChI=1S/C39H68N6O13/c1-38(2,55-23-12-39(3,4)56-24-14-41-37(53)54-29-36-57-30-9-7-5-6-8-10-31(30)58-36)11-13-40-32(46)25-42-15-17-43(26-33(47)48)19-21-45(28-35(51)52)22-20-44(18-16-42)27-34(49)50/h5-6,30-31,36H,7-29H2,1-4H3,(H,40,46)(H,41,53)(H,47,48)(H,49,50)(H,51,52)/b6-5+/t30-,31+,36-. The molecule has 2 heterocycles. The van der Waals surface area contributed by atoms with Crippen LogP contribution >= 0.6 is 0 Å². The summed E-state index contributed by atoms with van der Waals surface area (Å²) >= 11 is 0. The minimum atomic E-state index is -1.02. The fourth-order valence-corrected chi connectivity index (χ4v) is 6.88. The highest BCUT2D eigenvalue weighted by molar-refractivity contribution is 5.78. The molecule has 0 saturated carbocycles. The van der Waals surface area contributed by atoms with Crippen molar-refractivity contribution in [2.24, 2.45) is 0 Å². The number of hydrogen-bond acceptors (Lipinski definition) is 14. The first-order chi connectivity index (χ1) is 27.5. The summed E-state index contributed by atoms with van der Waals surface area (Å²) in [6, 6.07) is 0. The third kappa shape index (κ3) is 21.0. The van der Waals surface area contributed by atoms with Gasteiger partial charge in [-0.1, -0.05) is 12.2 Å². The van der Waals surface area contributed by atoms with Crippen molar-refractivity contribution in [2.45, 2.75) is 95.9 Å². The van der Waals surface area contributed by atoms with Crippen LogP contribution in [0.5, 0.6) is 0 Å². The summed E-state index contributed by atoms with van der Waals surface area (Å²) in [6.07, 6.45) is 8.06. The van der Waals surface area contributed by atoms with Crippen molar-refractivity contribution in [3.63, 3.8) is 0 Å². The van der Waals surface area contributed by atoms with Crippen molar-refractivity contribution in [1.82, 2.24) is 30.2 Å². The first-order valence-electron chi connectivity index (χ1n) is 20.4. The molecule has 0 aromatic rings. The highest BCUT2D eigenvalue weighted by Crippen LogP contribution is 2.28. The zero-order chi connectivity index (χ0) is 42.6. The number of rotatable bonds is 21. The molecule has 332 valence electrons. The number of fused-ring (bicyclic) bond motifs is 1. The molecule has 1 aliphatic carbocycles. The van der Waals surface area contributed by atoms with Gasteiger partial charge in [0.05, 0.1) is 62.8 Å². The molecule has 0 bridgehead atoms. The number of alkyl carbamates (subject to hydrolysis) is 1.